The number of ether oxygens (including phenoxy) is 1. The van der Waals surface area contributed by atoms with Crippen molar-refractivity contribution in [3.8, 4) is 11.6 Å². The molecule has 2 aromatic carbocycles. The number of hydrogen-bond acceptors (Lipinski definition) is 3. The summed E-state index contributed by atoms with van der Waals surface area (Å²) in [6, 6.07) is 17.6. The lowest BCUT2D eigenvalue weighted by Crippen LogP contribution is -2.16. The second kappa shape index (κ2) is 9.82. The van der Waals surface area contributed by atoms with E-state index in [1.54, 1.807) is 16.9 Å². The van der Waals surface area contributed by atoms with Crippen LogP contribution in [-0.4, -0.2) is 22.3 Å². The van der Waals surface area contributed by atoms with Gasteiger partial charge in [-0.15, -0.1) is 0 Å². The number of carbonyl (C=O) groups excluding carboxylic acids is 1. The molecule has 0 bridgehead atoms. The Kier molecular flexibility index (Phi) is 6.95. The molecular formula is C24H27N3O2. The minimum atomic E-state index is -0.198. The van der Waals surface area contributed by atoms with E-state index in [1.807, 2.05) is 56.3 Å². The van der Waals surface area contributed by atoms with Crippen molar-refractivity contribution < 1.29 is 9.53 Å². The van der Waals surface area contributed by atoms with Gasteiger partial charge < -0.3 is 4.74 Å². The summed E-state index contributed by atoms with van der Waals surface area (Å²) >= 11 is 0. The highest BCUT2D eigenvalue weighted by Crippen LogP contribution is 2.15. The Morgan fingerprint density at radius 3 is 2.62 bits per heavy atom. The number of rotatable bonds is 7. The van der Waals surface area contributed by atoms with Gasteiger partial charge in [-0.3, -0.25) is 4.79 Å². The molecule has 0 radical (unpaired) electrons. The first kappa shape index (κ1) is 20.5. The molecule has 1 aromatic heterocycles. The maximum Gasteiger partial charge on any atom is 0.250 e. The van der Waals surface area contributed by atoms with Crippen LogP contribution in [0.3, 0.4) is 0 Å². The fourth-order valence-corrected chi connectivity index (χ4v) is 3.04. The van der Waals surface area contributed by atoms with E-state index in [4.69, 9.17) is 4.74 Å². The molecule has 0 unspecified atom stereocenters. The van der Waals surface area contributed by atoms with Crippen molar-refractivity contribution in [3.05, 3.63) is 82.8 Å². The summed E-state index contributed by atoms with van der Waals surface area (Å²) < 4.78 is 7.66. The van der Waals surface area contributed by atoms with Crippen LogP contribution >= 0.6 is 0 Å². The lowest BCUT2D eigenvalue weighted by Gasteiger charge is -2.13. The van der Waals surface area contributed by atoms with E-state index >= 15 is 0 Å². The largest absolute Gasteiger partial charge is 0.478 e. The van der Waals surface area contributed by atoms with Gasteiger partial charge in [0.2, 0.25) is 5.88 Å². The smallest absolute Gasteiger partial charge is 0.250 e. The number of unbranched alkanes of at least 4 members (excludes halogenated alkanes) is 1. The van der Waals surface area contributed by atoms with Crippen molar-refractivity contribution in [2.45, 2.75) is 40.0 Å². The molecule has 0 saturated heterocycles. The minimum absolute atomic E-state index is 0.198. The average molecular weight is 389 g/mol. The number of carbonyl (C=O) groups is 1. The zero-order valence-corrected chi connectivity index (χ0v) is 17.3. The summed E-state index contributed by atoms with van der Waals surface area (Å²) in [7, 11) is 0. The van der Waals surface area contributed by atoms with Gasteiger partial charge in [0.15, 0.2) is 0 Å². The summed E-state index contributed by atoms with van der Waals surface area (Å²) in [4.78, 5) is 16.8. The Bertz CT molecular complexity index is 1040. The van der Waals surface area contributed by atoms with Crippen molar-refractivity contribution in [2.24, 2.45) is 4.99 Å². The van der Waals surface area contributed by atoms with Crippen LogP contribution in [0.1, 0.15) is 36.5 Å². The van der Waals surface area contributed by atoms with Crippen molar-refractivity contribution in [1.29, 1.82) is 0 Å². The topological polar surface area (TPSA) is 56.5 Å². The lowest BCUT2D eigenvalue weighted by molar-refractivity contribution is -0.117. The Hall–Kier alpha value is -3.21. The fraction of sp³-hybridized carbons (Fsp3) is 0.292. The highest BCUT2D eigenvalue weighted by molar-refractivity contribution is 5.79. The standard InChI is InChI=1S/C24H27N3O2/c1-4-5-13-29-24-16-21(17-25-27(24)22-9-7-6-8-10-22)26-23(28)15-20-12-11-18(2)14-19(20)3/h6-12,14,16-17H,4-5,13,15H2,1-3H3. The molecule has 3 aromatic rings. The summed E-state index contributed by atoms with van der Waals surface area (Å²) in [6.07, 6.45) is 3.85. The van der Waals surface area contributed by atoms with Crippen LogP contribution in [0.5, 0.6) is 5.88 Å². The highest BCUT2D eigenvalue weighted by atomic mass is 16.5. The Labute approximate surface area is 171 Å². The van der Waals surface area contributed by atoms with Gasteiger partial charge in [0.05, 0.1) is 30.3 Å². The molecule has 0 fully saturated rings. The van der Waals surface area contributed by atoms with Gasteiger partial charge in [0.1, 0.15) is 0 Å². The van der Waals surface area contributed by atoms with E-state index in [9.17, 15) is 4.79 Å². The highest BCUT2D eigenvalue weighted by Gasteiger charge is 2.08. The molecule has 150 valence electrons. The monoisotopic (exact) mass is 389 g/mol. The van der Waals surface area contributed by atoms with Crippen LogP contribution < -0.4 is 10.1 Å². The molecule has 1 amide bonds. The van der Waals surface area contributed by atoms with Crippen molar-refractivity contribution in [2.75, 3.05) is 6.61 Å². The molecule has 5 nitrogen and oxygen atoms in total. The Morgan fingerprint density at radius 1 is 1.10 bits per heavy atom. The van der Waals surface area contributed by atoms with Crippen LogP contribution in [0.15, 0.2) is 65.8 Å². The molecule has 0 N–H and O–H groups in total. The maximum atomic E-state index is 12.5. The number of para-hydroxylation sites is 1. The van der Waals surface area contributed by atoms with Gasteiger partial charge in [-0.05, 0) is 43.5 Å². The lowest BCUT2D eigenvalue weighted by atomic mass is 10.0. The summed E-state index contributed by atoms with van der Waals surface area (Å²) in [5, 5.41) is 4.96. The molecular weight excluding hydrogens is 362 g/mol. The van der Waals surface area contributed by atoms with Crippen LogP contribution in [0.4, 0.5) is 0 Å². The predicted molar refractivity (Wildman–Crippen MR) is 114 cm³/mol. The van der Waals surface area contributed by atoms with E-state index in [1.165, 1.54) is 5.56 Å². The van der Waals surface area contributed by atoms with Gasteiger partial charge in [0.25, 0.3) is 5.91 Å². The van der Waals surface area contributed by atoms with Gasteiger partial charge in [-0.25, -0.2) is 9.67 Å². The van der Waals surface area contributed by atoms with Crippen molar-refractivity contribution in [3.63, 3.8) is 0 Å². The number of aryl methyl sites for hydroxylation is 2. The third-order valence-corrected chi connectivity index (χ3v) is 4.63. The number of aromatic nitrogens is 2. The van der Waals surface area contributed by atoms with Crippen molar-refractivity contribution in [1.82, 2.24) is 9.78 Å². The number of nitrogens with zero attached hydrogens (tertiary/aromatic N) is 3. The summed E-state index contributed by atoms with van der Waals surface area (Å²) in [5.74, 6) is 0.376. The molecule has 0 aliphatic rings. The molecule has 0 atom stereocenters. The third-order valence-electron chi connectivity index (χ3n) is 4.63. The quantitative estimate of drug-likeness (QED) is 0.565. The number of benzene rings is 2. The van der Waals surface area contributed by atoms with E-state index < -0.39 is 0 Å². The summed E-state index contributed by atoms with van der Waals surface area (Å²) in [5.41, 5.74) is 4.17. The zero-order valence-electron chi connectivity index (χ0n) is 17.3. The zero-order chi connectivity index (χ0) is 20.6. The maximum absolute atomic E-state index is 12.5. The number of hydrogen-bond donors (Lipinski definition) is 0. The minimum Gasteiger partial charge on any atom is -0.478 e. The average Bonchev–Trinajstić information content (AvgIpc) is 2.71. The number of amides is 1. The molecule has 5 heteroatoms. The molecule has 3 rings (SSSR count). The predicted octanol–water partition coefficient (Wildman–Crippen LogP) is 4.34. The third kappa shape index (κ3) is 5.64. The fourth-order valence-electron chi connectivity index (χ4n) is 3.04. The van der Waals surface area contributed by atoms with E-state index in [0.717, 1.165) is 29.7 Å². The SMILES string of the molecule is CCCCOc1cc(=NC(=O)Cc2ccc(C)cc2C)cnn1-c1ccccc1. The van der Waals surface area contributed by atoms with Crippen LogP contribution in [-0.2, 0) is 11.2 Å². The van der Waals surface area contributed by atoms with Crippen molar-refractivity contribution >= 4 is 5.91 Å². The van der Waals surface area contributed by atoms with Crippen LogP contribution in [0.2, 0.25) is 0 Å². The summed E-state index contributed by atoms with van der Waals surface area (Å²) in [6.45, 7) is 6.76. The first-order chi connectivity index (χ1) is 14.1. The van der Waals surface area contributed by atoms with Gasteiger partial charge in [-0.2, -0.15) is 5.10 Å². The van der Waals surface area contributed by atoms with Crippen LogP contribution in [0.25, 0.3) is 5.69 Å². The van der Waals surface area contributed by atoms with Gasteiger partial charge in [0, 0.05) is 6.07 Å². The molecule has 1 heterocycles. The first-order valence-electron chi connectivity index (χ1n) is 9.98. The Balaban J connectivity index is 1.88. The van der Waals surface area contributed by atoms with E-state index in [0.29, 0.717) is 17.8 Å². The first-order valence-corrected chi connectivity index (χ1v) is 9.98. The molecule has 0 saturated carbocycles. The Morgan fingerprint density at radius 2 is 1.90 bits per heavy atom. The van der Waals surface area contributed by atoms with Gasteiger partial charge >= 0.3 is 0 Å². The normalized spacial score (nSPS) is 11.5. The molecule has 0 spiro atoms. The molecule has 29 heavy (non-hydrogen) atoms. The molecule has 0 aliphatic carbocycles. The van der Waals surface area contributed by atoms with E-state index in [-0.39, 0.29) is 12.3 Å². The second-order valence-electron chi connectivity index (χ2n) is 7.11. The second-order valence-corrected chi connectivity index (χ2v) is 7.11. The molecule has 0 aliphatic heterocycles. The van der Waals surface area contributed by atoms with Gasteiger partial charge in [-0.1, -0.05) is 55.3 Å². The van der Waals surface area contributed by atoms with E-state index in [2.05, 4.69) is 23.1 Å². The van der Waals surface area contributed by atoms with Crippen LogP contribution in [0, 0.1) is 13.8 Å².